The van der Waals surface area contributed by atoms with E-state index in [1.54, 1.807) is 0 Å². The molecule has 1 unspecified atom stereocenters. The molecule has 0 radical (unpaired) electrons. The minimum atomic E-state index is -0.812. The Morgan fingerprint density at radius 2 is 0.621 bits per heavy atom. The maximum absolute atomic E-state index is 12.7. The number of esters is 3. The number of carbonyl (C=O) groups excluding carboxylic acids is 3. The molecule has 0 rings (SSSR count). The highest BCUT2D eigenvalue weighted by Crippen LogP contribution is 2.15. The van der Waals surface area contributed by atoms with Crippen LogP contribution >= 0.6 is 0 Å². The molecule has 0 saturated carbocycles. The molecule has 0 aromatic rings. The van der Waals surface area contributed by atoms with Crippen LogP contribution in [-0.4, -0.2) is 37.2 Å². The van der Waals surface area contributed by atoms with Gasteiger partial charge in [-0.15, -0.1) is 0 Å². The van der Waals surface area contributed by atoms with Crippen LogP contribution in [0.3, 0.4) is 0 Å². The summed E-state index contributed by atoms with van der Waals surface area (Å²) in [5, 5.41) is 0. The zero-order chi connectivity index (χ0) is 47.9. The molecular formula is C60H100O6. The van der Waals surface area contributed by atoms with E-state index in [9.17, 15) is 14.4 Å². The van der Waals surface area contributed by atoms with Gasteiger partial charge in [-0.1, -0.05) is 240 Å². The molecule has 6 heteroatoms. The minimum absolute atomic E-state index is 0.105. The molecule has 6 nitrogen and oxygen atoms in total. The lowest BCUT2D eigenvalue weighted by Gasteiger charge is -2.18. The fourth-order valence-electron chi connectivity index (χ4n) is 7.33. The summed E-state index contributed by atoms with van der Waals surface area (Å²) in [5.41, 5.74) is 0. The number of hydrogen-bond donors (Lipinski definition) is 0. The Kier molecular flexibility index (Phi) is 50.9. The Morgan fingerprint density at radius 3 is 0.985 bits per heavy atom. The summed E-state index contributed by atoms with van der Waals surface area (Å²) in [6.07, 6.45) is 71.5. The first-order valence-electron chi connectivity index (χ1n) is 27.2. The second-order valence-electron chi connectivity index (χ2n) is 17.7. The second-order valence-corrected chi connectivity index (χ2v) is 17.7. The highest BCUT2D eigenvalue weighted by atomic mass is 16.6. The molecule has 0 aromatic carbocycles. The summed E-state index contributed by atoms with van der Waals surface area (Å²) < 4.78 is 16.7. The van der Waals surface area contributed by atoms with Gasteiger partial charge in [0.05, 0.1) is 0 Å². The molecule has 0 saturated heterocycles. The third-order valence-electron chi connectivity index (χ3n) is 11.3. The molecule has 0 aliphatic rings. The molecule has 0 fully saturated rings. The molecule has 0 N–H and O–H groups in total. The van der Waals surface area contributed by atoms with Crippen molar-refractivity contribution in [2.75, 3.05) is 13.2 Å². The maximum atomic E-state index is 12.7. The van der Waals surface area contributed by atoms with E-state index in [4.69, 9.17) is 14.2 Å². The fraction of sp³-hybridized carbons (Fsp3) is 0.683. The summed E-state index contributed by atoms with van der Waals surface area (Å²) in [7, 11) is 0. The lowest BCUT2D eigenvalue weighted by molar-refractivity contribution is -0.166. The van der Waals surface area contributed by atoms with E-state index in [2.05, 4.69) is 106 Å². The summed E-state index contributed by atoms with van der Waals surface area (Å²) in [5.74, 6) is -0.993. The van der Waals surface area contributed by atoms with Crippen molar-refractivity contribution in [2.45, 2.75) is 252 Å². The maximum Gasteiger partial charge on any atom is 0.306 e. The van der Waals surface area contributed by atoms with Gasteiger partial charge in [-0.3, -0.25) is 14.4 Å². The van der Waals surface area contributed by atoms with Crippen molar-refractivity contribution < 1.29 is 28.6 Å². The summed E-state index contributed by atoms with van der Waals surface area (Å²) in [6.45, 7) is 6.31. The molecule has 0 bridgehead atoms. The van der Waals surface area contributed by atoms with Gasteiger partial charge in [0.1, 0.15) is 13.2 Å². The SMILES string of the molecule is CC/C=C\C/C=C\C/C=C\C/C=C\CCCCCCCCCCCCCCCCC(=O)OCC(COC(=O)CCCCCCCCCC)OC(=O)CC/C=C\C/C=C\C/C=C\C/C=C\CC. The van der Waals surface area contributed by atoms with Gasteiger partial charge in [0.2, 0.25) is 0 Å². The molecule has 0 aromatic heterocycles. The van der Waals surface area contributed by atoms with Gasteiger partial charge >= 0.3 is 17.9 Å². The molecule has 66 heavy (non-hydrogen) atoms. The minimum Gasteiger partial charge on any atom is -0.462 e. The van der Waals surface area contributed by atoms with Crippen LogP contribution in [0.15, 0.2) is 97.2 Å². The van der Waals surface area contributed by atoms with E-state index < -0.39 is 12.1 Å². The molecule has 0 aliphatic carbocycles. The molecule has 1 atom stereocenters. The topological polar surface area (TPSA) is 78.9 Å². The number of unbranched alkanes of at least 4 members (excludes halogenated alkanes) is 21. The third kappa shape index (κ3) is 51.3. The first kappa shape index (κ1) is 62.3. The zero-order valence-corrected chi connectivity index (χ0v) is 42.9. The smallest absolute Gasteiger partial charge is 0.306 e. The highest BCUT2D eigenvalue weighted by molar-refractivity contribution is 5.71. The van der Waals surface area contributed by atoms with Crippen molar-refractivity contribution in [3.8, 4) is 0 Å². The quantitative estimate of drug-likeness (QED) is 0.0262. The number of allylic oxidation sites excluding steroid dienone is 16. The highest BCUT2D eigenvalue weighted by Gasteiger charge is 2.19. The van der Waals surface area contributed by atoms with Crippen LogP contribution in [-0.2, 0) is 28.6 Å². The van der Waals surface area contributed by atoms with E-state index in [0.29, 0.717) is 19.3 Å². The van der Waals surface area contributed by atoms with Crippen LogP contribution in [0.4, 0.5) is 0 Å². The van der Waals surface area contributed by atoms with E-state index in [1.165, 1.54) is 109 Å². The predicted molar refractivity (Wildman–Crippen MR) is 284 cm³/mol. The van der Waals surface area contributed by atoms with Crippen LogP contribution in [0.25, 0.3) is 0 Å². The summed E-state index contributed by atoms with van der Waals surface area (Å²) in [6, 6.07) is 0. The standard InChI is InChI=1S/C60H100O6/c1-4-7-10-13-16-19-21-23-24-25-26-27-28-29-30-31-32-33-34-35-36-38-39-41-44-47-50-53-59(62)65-56-57(55-64-58(61)52-49-46-43-18-15-12-9-6-3)66-60(63)54-51-48-45-42-40-37-22-20-17-14-11-8-5-2/h7-8,10-11,16-17,19-20,23-24,26-27,37,40,45,48,57H,4-6,9,12-15,18,21-22,25,28-36,38-39,41-44,46-47,49-56H2,1-3H3/b10-7-,11-8-,19-16-,20-17-,24-23-,27-26-,40-37-,48-45-. The van der Waals surface area contributed by atoms with Gasteiger partial charge in [-0.05, 0) is 83.5 Å². The predicted octanol–water partition coefficient (Wildman–Crippen LogP) is 18.1. The van der Waals surface area contributed by atoms with Crippen LogP contribution < -0.4 is 0 Å². The van der Waals surface area contributed by atoms with Crippen molar-refractivity contribution in [1.82, 2.24) is 0 Å². The summed E-state index contributed by atoms with van der Waals surface area (Å²) in [4.78, 5) is 37.8. The molecule has 0 heterocycles. The van der Waals surface area contributed by atoms with Crippen LogP contribution in [0.1, 0.15) is 245 Å². The zero-order valence-electron chi connectivity index (χ0n) is 42.9. The molecule has 0 spiro atoms. The van der Waals surface area contributed by atoms with E-state index in [0.717, 1.165) is 89.9 Å². The monoisotopic (exact) mass is 917 g/mol. The number of rotatable bonds is 48. The first-order chi connectivity index (χ1) is 32.5. The van der Waals surface area contributed by atoms with Crippen LogP contribution in [0, 0.1) is 0 Å². The Morgan fingerprint density at radius 1 is 0.318 bits per heavy atom. The van der Waals surface area contributed by atoms with Crippen LogP contribution in [0.2, 0.25) is 0 Å². The number of carbonyl (C=O) groups is 3. The van der Waals surface area contributed by atoms with Crippen molar-refractivity contribution in [1.29, 1.82) is 0 Å². The van der Waals surface area contributed by atoms with E-state index >= 15 is 0 Å². The van der Waals surface area contributed by atoms with Gasteiger partial charge in [0.15, 0.2) is 6.10 Å². The lowest BCUT2D eigenvalue weighted by atomic mass is 10.0. The van der Waals surface area contributed by atoms with Gasteiger partial charge in [0, 0.05) is 19.3 Å². The molecule has 0 aliphatic heterocycles. The van der Waals surface area contributed by atoms with E-state index in [1.807, 2.05) is 12.2 Å². The molecule has 376 valence electrons. The van der Waals surface area contributed by atoms with Gasteiger partial charge in [0.25, 0.3) is 0 Å². The average Bonchev–Trinajstić information content (AvgIpc) is 3.31. The molecule has 0 amide bonds. The third-order valence-corrected chi connectivity index (χ3v) is 11.3. The van der Waals surface area contributed by atoms with E-state index in [-0.39, 0.29) is 31.6 Å². The summed E-state index contributed by atoms with van der Waals surface area (Å²) >= 11 is 0. The average molecular weight is 917 g/mol. The van der Waals surface area contributed by atoms with Crippen molar-refractivity contribution in [2.24, 2.45) is 0 Å². The first-order valence-corrected chi connectivity index (χ1v) is 27.2. The van der Waals surface area contributed by atoms with Gasteiger partial charge in [-0.25, -0.2) is 0 Å². The lowest BCUT2D eigenvalue weighted by Crippen LogP contribution is -2.30. The number of ether oxygens (including phenoxy) is 3. The van der Waals surface area contributed by atoms with Crippen molar-refractivity contribution >= 4 is 17.9 Å². The van der Waals surface area contributed by atoms with Gasteiger partial charge < -0.3 is 14.2 Å². The van der Waals surface area contributed by atoms with Gasteiger partial charge in [-0.2, -0.15) is 0 Å². The van der Waals surface area contributed by atoms with Crippen LogP contribution in [0.5, 0.6) is 0 Å². The number of hydrogen-bond acceptors (Lipinski definition) is 6. The second kappa shape index (κ2) is 53.9. The largest absolute Gasteiger partial charge is 0.462 e. The van der Waals surface area contributed by atoms with Crippen molar-refractivity contribution in [3.05, 3.63) is 97.2 Å². The fourth-order valence-corrected chi connectivity index (χ4v) is 7.33. The Balaban J connectivity index is 4.19. The Bertz CT molecular complexity index is 1330. The Labute approximate surface area is 407 Å². The van der Waals surface area contributed by atoms with Crippen molar-refractivity contribution in [3.63, 3.8) is 0 Å². The molecular weight excluding hydrogens is 817 g/mol. The Hall–Kier alpha value is -3.67. The normalized spacial score (nSPS) is 12.8.